The van der Waals surface area contributed by atoms with Gasteiger partial charge in [-0.15, -0.1) is 0 Å². The maximum atomic E-state index is 10.7. The third-order valence-electron chi connectivity index (χ3n) is 1.36. The van der Waals surface area contributed by atoms with Crippen molar-refractivity contribution in [3.63, 3.8) is 0 Å². The van der Waals surface area contributed by atoms with Crippen molar-refractivity contribution in [3.8, 4) is 0 Å². The Labute approximate surface area is 88.3 Å². The van der Waals surface area contributed by atoms with Crippen LogP contribution in [0.2, 0.25) is 0 Å². The van der Waals surface area contributed by atoms with Gasteiger partial charge in [0.25, 0.3) is 0 Å². The number of ether oxygens (including phenoxy) is 1. The molecule has 0 heterocycles. The van der Waals surface area contributed by atoms with Crippen molar-refractivity contribution in [2.45, 2.75) is 26.7 Å². The van der Waals surface area contributed by atoms with Crippen LogP contribution in [0.15, 0.2) is 0 Å². The van der Waals surface area contributed by atoms with Crippen molar-refractivity contribution in [3.05, 3.63) is 0 Å². The summed E-state index contributed by atoms with van der Waals surface area (Å²) in [5, 5.41) is 0. The molecule has 84 valence electrons. The Balaban J connectivity index is 3.56. The second kappa shape index (κ2) is 6.08. The molecule has 0 saturated carbocycles. The number of rotatable bonds is 5. The molecule has 0 unspecified atom stereocenters. The van der Waals surface area contributed by atoms with Crippen LogP contribution in [0.4, 0.5) is 4.79 Å². The number of halogens is 1. The van der Waals surface area contributed by atoms with Gasteiger partial charge in [0.15, 0.2) is 0 Å². The topological polar surface area (TPSA) is 72.5 Å². The Hall–Kier alpha value is -0.490. The highest BCUT2D eigenvalue weighted by Gasteiger charge is 2.10. The van der Waals surface area contributed by atoms with Crippen molar-refractivity contribution in [1.29, 1.82) is 0 Å². The first-order valence-electron chi connectivity index (χ1n) is 4.20. The van der Waals surface area contributed by atoms with Crippen LogP contribution >= 0.6 is 10.7 Å². The van der Waals surface area contributed by atoms with Crippen LogP contribution in [0.3, 0.4) is 0 Å². The van der Waals surface area contributed by atoms with E-state index in [0.29, 0.717) is 12.3 Å². The predicted molar refractivity (Wildman–Crippen MR) is 53.3 cm³/mol. The summed E-state index contributed by atoms with van der Waals surface area (Å²) < 4.78 is 26.7. The van der Waals surface area contributed by atoms with Gasteiger partial charge in [-0.3, -0.25) is 0 Å². The second-order valence-corrected chi connectivity index (χ2v) is 5.51. The largest absolute Gasteiger partial charge is 0.449 e. The van der Waals surface area contributed by atoms with Crippen molar-refractivity contribution < 1.29 is 17.9 Å². The summed E-state index contributed by atoms with van der Waals surface area (Å²) in [6, 6.07) is 0. The average molecular weight is 244 g/mol. The van der Waals surface area contributed by atoms with Gasteiger partial charge >= 0.3 is 15.3 Å². The Morgan fingerprint density at radius 3 is 2.50 bits per heavy atom. The van der Waals surface area contributed by atoms with E-state index in [-0.39, 0.29) is 6.61 Å². The van der Waals surface area contributed by atoms with E-state index in [9.17, 15) is 13.2 Å². The minimum absolute atomic E-state index is 0.191. The molecular weight excluding hydrogens is 230 g/mol. The smallest absolute Gasteiger partial charge is 0.421 e. The summed E-state index contributed by atoms with van der Waals surface area (Å²) in [6.07, 6.45) is 0.581. The van der Waals surface area contributed by atoms with Gasteiger partial charge < -0.3 is 4.74 Å². The van der Waals surface area contributed by atoms with Crippen molar-refractivity contribution in [2.75, 3.05) is 6.61 Å². The molecule has 1 N–H and O–H groups in total. The van der Waals surface area contributed by atoms with Gasteiger partial charge in [-0.1, -0.05) is 13.8 Å². The molecule has 0 aliphatic rings. The molecule has 0 aromatic rings. The summed E-state index contributed by atoms with van der Waals surface area (Å²) in [7, 11) is 0.722. The van der Waals surface area contributed by atoms with Crippen molar-refractivity contribution in [2.24, 2.45) is 5.92 Å². The minimum atomic E-state index is -4.03. The SMILES string of the molecule is CC(C)CCCOC(=O)NS(=O)(=O)Cl. The molecular formula is C7H14ClNO4S. The molecule has 0 saturated heterocycles. The van der Waals surface area contributed by atoms with Crippen LogP contribution in [0.1, 0.15) is 26.7 Å². The molecule has 0 bridgehead atoms. The number of hydrogen-bond acceptors (Lipinski definition) is 4. The zero-order valence-corrected chi connectivity index (χ0v) is 9.69. The van der Waals surface area contributed by atoms with E-state index >= 15 is 0 Å². The molecule has 0 rings (SSSR count). The fourth-order valence-corrected chi connectivity index (χ4v) is 1.23. The van der Waals surface area contributed by atoms with Gasteiger partial charge in [0.1, 0.15) is 0 Å². The second-order valence-electron chi connectivity index (χ2n) is 3.21. The maximum absolute atomic E-state index is 10.7. The van der Waals surface area contributed by atoms with Crippen LogP contribution in [-0.4, -0.2) is 21.1 Å². The average Bonchev–Trinajstić information content (AvgIpc) is 1.94. The highest BCUT2D eigenvalue weighted by molar-refractivity contribution is 8.12. The Kier molecular flexibility index (Phi) is 5.87. The summed E-state index contributed by atoms with van der Waals surface area (Å²) in [6.45, 7) is 4.28. The summed E-state index contributed by atoms with van der Waals surface area (Å²) in [4.78, 5) is 10.7. The number of amides is 1. The van der Waals surface area contributed by atoms with Crippen LogP contribution in [0, 0.1) is 5.92 Å². The Bertz CT molecular complexity index is 275. The molecule has 0 fully saturated rings. The van der Waals surface area contributed by atoms with E-state index in [1.165, 1.54) is 4.72 Å². The highest BCUT2D eigenvalue weighted by atomic mass is 35.7. The van der Waals surface area contributed by atoms with Crippen molar-refractivity contribution in [1.82, 2.24) is 4.72 Å². The summed E-state index contributed by atoms with van der Waals surface area (Å²) in [5.74, 6) is 0.526. The van der Waals surface area contributed by atoms with E-state index in [1.807, 2.05) is 13.8 Å². The van der Waals surface area contributed by atoms with E-state index in [1.54, 1.807) is 0 Å². The molecule has 14 heavy (non-hydrogen) atoms. The number of hydrogen-bond donors (Lipinski definition) is 1. The highest BCUT2D eigenvalue weighted by Crippen LogP contribution is 2.03. The maximum Gasteiger partial charge on any atom is 0.421 e. The molecule has 0 aliphatic heterocycles. The standard InChI is InChI=1S/C7H14ClNO4S/c1-6(2)4-3-5-13-7(10)9-14(8,11)12/h6H,3-5H2,1-2H3,(H,9,10). The van der Waals surface area contributed by atoms with Gasteiger partial charge in [0.05, 0.1) is 6.61 Å². The molecule has 0 aliphatic carbocycles. The van der Waals surface area contributed by atoms with Crippen LogP contribution in [0.5, 0.6) is 0 Å². The zero-order valence-electron chi connectivity index (χ0n) is 8.12. The molecule has 7 heteroatoms. The minimum Gasteiger partial charge on any atom is -0.449 e. The van der Waals surface area contributed by atoms with E-state index in [2.05, 4.69) is 4.74 Å². The van der Waals surface area contributed by atoms with Crippen LogP contribution in [0.25, 0.3) is 0 Å². The first-order chi connectivity index (χ1) is 6.31. The van der Waals surface area contributed by atoms with Gasteiger partial charge in [-0.05, 0) is 18.8 Å². The first kappa shape index (κ1) is 13.5. The Morgan fingerprint density at radius 1 is 1.50 bits per heavy atom. The normalized spacial score (nSPS) is 11.4. The van der Waals surface area contributed by atoms with Crippen LogP contribution in [-0.2, 0) is 14.0 Å². The monoisotopic (exact) mass is 243 g/mol. The lowest BCUT2D eigenvalue weighted by Gasteiger charge is -2.05. The van der Waals surface area contributed by atoms with Gasteiger partial charge in [-0.2, -0.15) is 8.42 Å². The quantitative estimate of drug-likeness (QED) is 0.589. The molecule has 5 nitrogen and oxygen atoms in total. The van der Waals surface area contributed by atoms with Gasteiger partial charge in [0, 0.05) is 10.7 Å². The Morgan fingerprint density at radius 2 is 2.07 bits per heavy atom. The van der Waals surface area contributed by atoms with E-state index < -0.39 is 15.3 Å². The van der Waals surface area contributed by atoms with E-state index in [4.69, 9.17) is 10.7 Å². The van der Waals surface area contributed by atoms with Crippen molar-refractivity contribution >= 4 is 26.0 Å². The number of carbonyl (C=O) groups excluding carboxylic acids is 1. The molecule has 0 atom stereocenters. The lowest BCUT2D eigenvalue weighted by Crippen LogP contribution is -2.27. The first-order valence-corrected chi connectivity index (χ1v) is 6.51. The third kappa shape index (κ3) is 9.60. The predicted octanol–water partition coefficient (Wildman–Crippen LogP) is 1.63. The lowest BCUT2D eigenvalue weighted by molar-refractivity contribution is 0.149. The fourth-order valence-electron chi connectivity index (χ4n) is 0.785. The van der Waals surface area contributed by atoms with Gasteiger partial charge in [-0.25, -0.2) is 9.52 Å². The van der Waals surface area contributed by atoms with Gasteiger partial charge in [0.2, 0.25) is 0 Å². The van der Waals surface area contributed by atoms with E-state index in [0.717, 1.165) is 6.42 Å². The summed E-state index contributed by atoms with van der Waals surface area (Å²) in [5.41, 5.74) is 0. The molecule has 0 spiro atoms. The fraction of sp³-hybridized carbons (Fsp3) is 0.857. The molecule has 0 aromatic carbocycles. The zero-order chi connectivity index (χ0) is 11.2. The molecule has 1 amide bonds. The number of carbonyl (C=O) groups is 1. The lowest BCUT2D eigenvalue weighted by atomic mass is 10.1. The molecule has 0 aromatic heterocycles. The summed E-state index contributed by atoms with van der Waals surface area (Å²) >= 11 is 0. The number of nitrogens with one attached hydrogen (secondary N) is 1. The van der Waals surface area contributed by atoms with Crippen LogP contribution < -0.4 is 4.72 Å². The third-order valence-corrected chi connectivity index (χ3v) is 2.01. The molecule has 0 radical (unpaired) electrons.